The molecule has 2 aromatic rings. The number of hydrogen-bond acceptors (Lipinski definition) is 5. The van der Waals surface area contributed by atoms with Crippen molar-refractivity contribution in [3.8, 4) is 11.5 Å². The van der Waals surface area contributed by atoms with Crippen LogP contribution in [0.1, 0.15) is 12.5 Å². The van der Waals surface area contributed by atoms with Gasteiger partial charge in [0.1, 0.15) is 17.6 Å². The number of benzene rings is 2. The summed E-state index contributed by atoms with van der Waals surface area (Å²) in [6.45, 7) is 3.19. The molecule has 1 aliphatic rings. The lowest BCUT2D eigenvalue weighted by Gasteiger charge is -2.21. The van der Waals surface area contributed by atoms with Crippen molar-refractivity contribution in [2.45, 2.75) is 19.4 Å². The van der Waals surface area contributed by atoms with E-state index >= 15 is 0 Å². The third-order valence-corrected chi connectivity index (χ3v) is 6.76. The summed E-state index contributed by atoms with van der Waals surface area (Å²) < 4.78 is 38.2. The fourth-order valence-electron chi connectivity index (χ4n) is 3.42. The third kappa shape index (κ3) is 6.89. The number of fused-ring (bicyclic) bond motifs is 1. The lowest BCUT2D eigenvalue weighted by atomic mass is 10.2. The number of para-hydroxylation sites is 1. The van der Waals surface area contributed by atoms with Crippen LogP contribution in [0.3, 0.4) is 0 Å². The summed E-state index contributed by atoms with van der Waals surface area (Å²) >= 11 is 0. The monoisotopic (exact) mass is 574 g/mol. The minimum absolute atomic E-state index is 0. The standard InChI is InChI=1S/C22H30N4O4S.HI/c1-17(30-20-9-6-8-19(15-20)29-3)16-25-22(23-2)24-12-14-31(27,28)26-13-11-18-7-4-5-10-21(18)26;/h4-10,15,17H,11-14,16H2,1-3H3,(H2,23,24,25);1H. The zero-order chi connectivity index (χ0) is 22.3. The van der Waals surface area contributed by atoms with Crippen LogP contribution >= 0.6 is 24.0 Å². The first-order valence-electron chi connectivity index (χ1n) is 10.3. The van der Waals surface area contributed by atoms with Crippen molar-refractivity contribution in [1.82, 2.24) is 10.6 Å². The summed E-state index contributed by atoms with van der Waals surface area (Å²) in [6, 6.07) is 15.1. The predicted octanol–water partition coefficient (Wildman–Crippen LogP) is 2.64. The van der Waals surface area contributed by atoms with Crippen molar-refractivity contribution in [2.75, 3.05) is 43.8 Å². The van der Waals surface area contributed by atoms with Gasteiger partial charge in [-0.3, -0.25) is 9.30 Å². The van der Waals surface area contributed by atoms with Gasteiger partial charge in [0.15, 0.2) is 5.96 Å². The lowest BCUT2D eigenvalue weighted by Crippen LogP contribution is -2.44. The molecule has 0 saturated heterocycles. The van der Waals surface area contributed by atoms with Crippen LogP contribution in [0.2, 0.25) is 0 Å². The molecule has 1 aliphatic heterocycles. The molecule has 3 rings (SSSR count). The summed E-state index contributed by atoms with van der Waals surface area (Å²) in [5.74, 6) is 1.96. The Morgan fingerprint density at radius 3 is 2.66 bits per heavy atom. The quantitative estimate of drug-likeness (QED) is 0.272. The number of nitrogens with zero attached hydrogens (tertiary/aromatic N) is 2. The number of sulfonamides is 1. The van der Waals surface area contributed by atoms with Crippen LogP contribution < -0.4 is 24.4 Å². The fraction of sp³-hybridized carbons (Fsp3) is 0.409. The molecule has 0 bridgehead atoms. The van der Waals surface area contributed by atoms with Gasteiger partial charge < -0.3 is 20.1 Å². The van der Waals surface area contributed by atoms with Crippen LogP contribution in [0.4, 0.5) is 5.69 Å². The van der Waals surface area contributed by atoms with Gasteiger partial charge in [0.2, 0.25) is 10.0 Å². The van der Waals surface area contributed by atoms with Gasteiger partial charge in [-0.1, -0.05) is 24.3 Å². The molecule has 0 aromatic heterocycles. The smallest absolute Gasteiger partial charge is 0.236 e. The first kappa shape index (κ1) is 26.0. The van der Waals surface area contributed by atoms with E-state index in [-0.39, 0.29) is 42.4 Å². The summed E-state index contributed by atoms with van der Waals surface area (Å²) in [7, 11) is -0.144. The van der Waals surface area contributed by atoms with Gasteiger partial charge in [0.25, 0.3) is 0 Å². The number of hydrogen-bond donors (Lipinski definition) is 2. The molecule has 0 radical (unpaired) electrons. The van der Waals surface area contributed by atoms with Gasteiger partial charge in [-0.2, -0.15) is 0 Å². The largest absolute Gasteiger partial charge is 0.497 e. The maximum absolute atomic E-state index is 12.8. The van der Waals surface area contributed by atoms with E-state index in [9.17, 15) is 8.42 Å². The van der Waals surface area contributed by atoms with Crippen molar-refractivity contribution in [1.29, 1.82) is 0 Å². The molecular weight excluding hydrogens is 543 g/mol. The van der Waals surface area contributed by atoms with Crippen molar-refractivity contribution < 1.29 is 17.9 Å². The van der Waals surface area contributed by atoms with Gasteiger partial charge in [-0.05, 0) is 37.1 Å². The Labute approximate surface area is 207 Å². The second kappa shape index (κ2) is 12.1. The molecule has 0 spiro atoms. The van der Waals surface area contributed by atoms with Crippen molar-refractivity contribution in [3.63, 3.8) is 0 Å². The Hall–Kier alpha value is -2.21. The number of rotatable bonds is 9. The van der Waals surface area contributed by atoms with Gasteiger partial charge in [-0.15, -0.1) is 24.0 Å². The van der Waals surface area contributed by atoms with E-state index in [0.29, 0.717) is 24.8 Å². The van der Waals surface area contributed by atoms with Crippen LogP contribution in [-0.4, -0.2) is 60.0 Å². The number of anilines is 1. The van der Waals surface area contributed by atoms with E-state index < -0.39 is 10.0 Å². The fourth-order valence-corrected chi connectivity index (χ4v) is 4.84. The maximum Gasteiger partial charge on any atom is 0.236 e. The highest BCUT2D eigenvalue weighted by atomic mass is 127. The second-order valence-corrected chi connectivity index (χ2v) is 9.27. The topological polar surface area (TPSA) is 92.3 Å². The van der Waals surface area contributed by atoms with E-state index in [2.05, 4.69) is 15.6 Å². The predicted molar refractivity (Wildman–Crippen MR) is 139 cm³/mol. The van der Waals surface area contributed by atoms with Gasteiger partial charge in [0, 0.05) is 26.2 Å². The molecule has 0 saturated carbocycles. The molecule has 1 unspecified atom stereocenters. The van der Waals surface area contributed by atoms with Gasteiger partial charge in [-0.25, -0.2) is 8.42 Å². The normalized spacial score (nSPS) is 14.2. The first-order valence-corrected chi connectivity index (χ1v) is 11.9. The molecule has 1 atom stereocenters. The van der Waals surface area contributed by atoms with Crippen molar-refractivity contribution in [2.24, 2.45) is 4.99 Å². The number of halogens is 1. The van der Waals surface area contributed by atoms with Crippen molar-refractivity contribution >= 4 is 45.6 Å². The molecule has 0 amide bonds. The third-order valence-electron chi connectivity index (χ3n) is 4.99. The Morgan fingerprint density at radius 1 is 1.16 bits per heavy atom. The molecule has 0 aliphatic carbocycles. The molecule has 10 heteroatoms. The summed E-state index contributed by atoms with van der Waals surface area (Å²) in [6.07, 6.45) is 0.618. The van der Waals surface area contributed by atoms with Crippen LogP contribution in [0, 0.1) is 0 Å². The Balaban J connectivity index is 0.00000363. The van der Waals surface area contributed by atoms with E-state index in [1.807, 2.05) is 55.5 Å². The number of ether oxygens (including phenoxy) is 2. The molecule has 32 heavy (non-hydrogen) atoms. The Bertz CT molecular complexity index is 1020. The van der Waals surface area contributed by atoms with E-state index in [4.69, 9.17) is 9.47 Å². The zero-order valence-corrected chi connectivity index (χ0v) is 21.7. The molecule has 2 aromatic carbocycles. The van der Waals surface area contributed by atoms with Gasteiger partial charge in [0.05, 0.1) is 25.1 Å². The summed E-state index contributed by atoms with van der Waals surface area (Å²) in [5.41, 5.74) is 1.86. The zero-order valence-electron chi connectivity index (χ0n) is 18.6. The highest BCUT2D eigenvalue weighted by Crippen LogP contribution is 2.29. The number of nitrogens with one attached hydrogen (secondary N) is 2. The van der Waals surface area contributed by atoms with Crippen LogP contribution in [0.15, 0.2) is 53.5 Å². The maximum atomic E-state index is 12.8. The molecule has 0 fully saturated rings. The molecule has 176 valence electrons. The van der Waals surface area contributed by atoms with Crippen LogP contribution in [-0.2, 0) is 16.4 Å². The average Bonchev–Trinajstić information content (AvgIpc) is 3.21. The first-order chi connectivity index (χ1) is 14.9. The van der Waals surface area contributed by atoms with E-state index in [1.54, 1.807) is 14.2 Å². The number of methoxy groups -OCH3 is 1. The lowest BCUT2D eigenvalue weighted by molar-refractivity contribution is 0.223. The van der Waals surface area contributed by atoms with E-state index in [0.717, 1.165) is 23.4 Å². The highest BCUT2D eigenvalue weighted by Gasteiger charge is 2.28. The minimum atomic E-state index is -3.40. The van der Waals surface area contributed by atoms with Crippen LogP contribution in [0.5, 0.6) is 11.5 Å². The number of aliphatic imine (C=N–C) groups is 1. The van der Waals surface area contributed by atoms with Crippen molar-refractivity contribution in [3.05, 3.63) is 54.1 Å². The van der Waals surface area contributed by atoms with E-state index in [1.165, 1.54) is 4.31 Å². The van der Waals surface area contributed by atoms with Crippen LogP contribution in [0.25, 0.3) is 0 Å². The summed E-state index contributed by atoms with van der Waals surface area (Å²) in [4.78, 5) is 4.16. The molecule has 1 heterocycles. The summed E-state index contributed by atoms with van der Waals surface area (Å²) in [5, 5.41) is 6.23. The highest BCUT2D eigenvalue weighted by molar-refractivity contribution is 14.0. The average molecular weight is 574 g/mol. The van der Waals surface area contributed by atoms with Gasteiger partial charge >= 0.3 is 0 Å². The Morgan fingerprint density at radius 2 is 1.91 bits per heavy atom. The Kier molecular flexibility index (Phi) is 9.88. The number of guanidine groups is 1. The molecular formula is C22H31IN4O4S. The SMILES string of the molecule is CN=C(NCCS(=O)(=O)N1CCc2ccccc21)NCC(C)Oc1cccc(OC)c1.I. The molecule has 2 N–H and O–H groups in total. The minimum Gasteiger partial charge on any atom is -0.497 e. The second-order valence-electron chi connectivity index (χ2n) is 7.25. The molecule has 8 nitrogen and oxygen atoms in total.